The number of hydrogen-bond donors (Lipinski definition) is 1. The molecule has 1 atom stereocenters. The average molecular weight is 283 g/mol. The highest BCUT2D eigenvalue weighted by molar-refractivity contribution is 5.42. The predicted octanol–water partition coefficient (Wildman–Crippen LogP) is 4.86. The van der Waals surface area contributed by atoms with Crippen LogP contribution in [0.15, 0.2) is 54.6 Å². The SMILES string of the molecule is CC(CNc1ccccc1)Oc1cccc(C(C)(C)C)c1. The van der Waals surface area contributed by atoms with Crippen molar-refractivity contribution in [1.29, 1.82) is 0 Å². The van der Waals surface area contributed by atoms with Gasteiger partial charge < -0.3 is 10.1 Å². The van der Waals surface area contributed by atoms with Crippen molar-refractivity contribution in [2.45, 2.75) is 39.2 Å². The molecule has 2 aromatic carbocycles. The van der Waals surface area contributed by atoms with E-state index in [1.165, 1.54) is 5.56 Å². The summed E-state index contributed by atoms with van der Waals surface area (Å²) in [6.07, 6.45) is 0.112. The molecule has 2 aromatic rings. The van der Waals surface area contributed by atoms with Crippen LogP contribution in [0.2, 0.25) is 0 Å². The zero-order chi connectivity index (χ0) is 15.3. The Morgan fingerprint density at radius 2 is 1.71 bits per heavy atom. The first-order chi connectivity index (χ1) is 9.95. The molecule has 21 heavy (non-hydrogen) atoms. The van der Waals surface area contributed by atoms with E-state index in [9.17, 15) is 0 Å². The van der Waals surface area contributed by atoms with Gasteiger partial charge in [-0.15, -0.1) is 0 Å². The maximum Gasteiger partial charge on any atom is 0.120 e. The molecule has 0 fully saturated rings. The molecule has 0 saturated carbocycles. The summed E-state index contributed by atoms with van der Waals surface area (Å²) in [5.41, 5.74) is 2.56. The third-order valence-corrected chi connectivity index (χ3v) is 3.40. The van der Waals surface area contributed by atoms with Crippen molar-refractivity contribution in [3.05, 3.63) is 60.2 Å². The molecule has 0 aliphatic rings. The Morgan fingerprint density at radius 3 is 2.38 bits per heavy atom. The van der Waals surface area contributed by atoms with Crippen LogP contribution in [0.4, 0.5) is 5.69 Å². The second-order valence-corrected chi connectivity index (χ2v) is 6.45. The first-order valence-corrected chi connectivity index (χ1v) is 7.51. The van der Waals surface area contributed by atoms with Crippen molar-refractivity contribution in [3.63, 3.8) is 0 Å². The largest absolute Gasteiger partial charge is 0.489 e. The van der Waals surface area contributed by atoms with E-state index in [-0.39, 0.29) is 11.5 Å². The van der Waals surface area contributed by atoms with Gasteiger partial charge in [-0.25, -0.2) is 0 Å². The Kier molecular flexibility index (Phi) is 4.89. The van der Waals surface area contributed by atoms with Gasteiger partial charge in [0.2, 0.25) is 0 Å². The highest BCUT2D eigenvalue weighted by atomic mass is 16.5. The van der Waals surface area contributed by atoms with Gasteiger partial charge in [0.15, 0.2) is 0 Å². The van der Waals surface area contributed by atoms with Gasteiger partial charge in [-0.1, -0.05) is 51.1 Å². The highest BCUT2D eigenvalue weighted by Gasteiger charge is 2.14. The lowest BCUT2D eigenvalue weighted by Gasteiger charge is -2.21. The molecule has 1 unspecified atom stereocenters. The second-order valence-electron chi connectivity index (χ2n) is 6.45. The lowest BCUT2D eigenvalue weighted by Crippen LogP contribution is -2.23. The monoisotopic (exact) mass is 283 g/mol. The Morgan fingerprint density at radius 1 is 1.00 bits per heavy atom. The summed E-state index contributed by atoms with van der Waals surface area (Å²) in [6, 6.07) is 18.6. The van der Waals surface area contributed by atoms with Crippen LogP contribution in [-0.4, -0.2) is 12.6 Å². The van der Waals surface area contributed by atoms with E-state index in [4.69, 9.17) is 4.74 Å². The van der Waals surface area contributed by atoms with Crippen LogP contribution in [-0.2, 0) is 5.41 Å². The first kappa shape index (κ1) is 15.4. The topological polar surface area (TPSA) is 21.3 Å². The summed E-state index contributed by atoms with van der Waals surface area (Å²) in [5.74, 6) is 0.935. The van der Waals surface area contributed by atoms with Crippen LogP contribution in [0, 0.1) is 0 Å². The van der Waals surface area contributed by atoms with E-state index in [0.717, 1.165) is 18.0 Å². The molecule has 112 valence electrons. The summed E-state index contributed by atoms with van der Waals surface area (Å²) in [5, 5.41) is 3.38. The van der Waals surface area contributed by atoms with Crippen LogP contribution in [0.25, 0.3) is 0 Å². The minimum atomic E-state index is 0.112. The summed E-state index contributed by atoms with van der Waals surface area (Å²) in [6.45, 7) is 9.51. The Hall–Kier alpha value is -1.96. The van der Waals surface area contributed by atoms with Crippen LogP contribution in [0.3, 0.4) is 0 Å². The molecule has 0 aliphatic carbocycles. The zero-order valence-electron chi connectivity index (χ0n) is 13.4. The molecule has 0 heterocycles. The Balaban J connectivity index is 1.92. The van der Waals surface area contributed by atoms with Crippen LogP contribution in [0.1, 0.15) is 33.3 Å². The van der Waals surface area contributed by atoms with Crippen molar-refractivity contribution >= 4 is 5.69 Å². The van der Waals surface area contributed by atoms with Gasteiger partial charge in [-0.2, -0.15) is 0 Å². The maximum atomic E-state index is 6.01. The average Bonchev–Trinajstić information content (AvgIpc) is 2.46. The fourth-order valence-electron chi connectivity index (χ4n) is 2.13. The number of ether oxygens (including phenoxy) is 1. The molecular formula is C19H25NO. The number of nitrogens with one attached hydrogen (secondary N) is 1. The van der Waals surface area contributed by atoms with E-state index < -0.39 is 0 Å². The summed E-state index contributed by atoms with van der Waals surface area (Å²) in [4.78, 5) is 0. The number of benzene rings is 2. The molecule has 2 nitrogen and oxygen atoms in total. The molecule has 1 N–H and O–H groups in total. The lowest BCUT2D eigenvalue weighted by atomic mass is 9.87. The molecule has 2 rings (SSSR count). The smallest absolute Gasteiger partial charge is 0.120 e. The molecular weight excluding hydrogens is 258 g/mol. The normalized spacial score (nSPS) is 12.8. The van der Waals surface area contributed by atoms with E-state index in [2.05, 4.69) is 63.3 Å². The molecule has 0 radical (unpaired) electrons. The van der Waals surface area contributed by atoms with Gasteiger partial charge in [0.1, 0.15) is 11.9 Å². The number of hydrogen-bond acceptors (Lipinski definition) is 2. The third kappa shape index (κ3) is 4.82. The molecule has 2 heteroatoms. The Bertz CT molecular complexity index is 557. The van der Waals surface area contributed by atoms with Gasteiger partial charge in [0, 0.05) is 5.69 Å². The molecule has 0 amide bonds. The van der Waals surface area contributed by atoms with Crippen molar-refractivity contribution < 1.29 is 4.74 Å². The number of anilines is 1. The first-order valence-electron chi connectivity index (χ1n) is 7.51. The second kappa shape index (κ2) is 6.66. The van der Waals surface area contributed by atoms with Crippen molar-refractivity contribution in [2.75, 3.05) is 11.9 Å². The van der Waals surface area contributed by atoms with Crippen LogP contribution < -0.4 is 10.1 Å². The van der Waals surface area contributed by atoms with Gasteiger partial charge in [0.25, 0.3) is 0 Å². The quantitative estimate of drug-likeness (QED) is 0.845. The van der Waals surface area contributed by atoms with Crippen molar-refractivity contribution in [3.8, 4) is 5.75 Å². The fraction of sp³-hybridized carbons (Fsp3) is 0.368. The van der Waals surface area contributed by atoms with Crippen LogP contribution >= 0.6 is 0 Å². The summed E-state index contributed by atoms with van der Waals surface area (Å²) >= 11 is 0. The number of rotatable bonds is 5. The predicted molar refractivity (Wildman–Crippen MR) is 90.2 cm³/mol. The van der Waals surface area contributed by atoms with Crippen LogP contribution in [0.5, 0.6) is 5.75 Å². The van der Waals surface area contributed by atoms with E-state index in [1.54, 1.807) is 0 Å². The van der Waals surface area contributed by atoms with Crippen molar-refractivity contribution in [1.82, 2.24) is 0 Å². The van der Waals surface area contributed by atoms with E-state index in [0.29, 0.717) is 0 Å². The molecule has 0 aromatic heterocycles. The van der Waals surface area contributed by atoms with E-state index >= 15 is 0 Å². The third-order valence-electron chi connectivity index (χ3n) is 3.40. The Labute approximate surface area is 128 Å². The minimum Gasteiger partial charge on any atom is -0.489 e. The van der Waals surface area contributed by atoms with Gasteiger partial charge in [-0.05, 0) is 42.2 Å². The number of para-hydroxylation sites is 1. The lowest BCUT2D eigenvalue weighted by molar-refractivity contribution is 0.234. The standard InChI is InChI=1S/C19H25NO/c1-15(14-20-17-10-6-5-7-11-17)21-18-12-8-9-16(13-18)19(2,3)4/h5-13,15,20H,14H2,1-4H3. The van der Waals surface area contributed by atoms with Gasteiger partial charge in [0.05, 0.1) is 6.54 Å². The van der Waals surface area contributed by atoms with Crippen molar-refractivity contribution in [2.24, 2.45) is 0 Å². The highest BCUT2D eigenvalue weighted by Crippen LogP contribution is 2.26. The van der Waals surface area contributed by atoms with E-state index in [1.807, 2.05) is 24.3 Å². The van der Waals surface area contributed by atoms with Gasteiger partial charge in [-0.3, -0.25) is 0 Å². The minimum absolute atomic E-state index is 0.112. The fourth-order valence-corrected chi connectivity index (χ4v) is 2.13. The molecule has 0 aliphatic heterocycles. The molecule has 0 saturated heterocycles. The summed E-state index contributed by atoms with van der Waals surface area (Å²) in [7, 11) is 0. The van der Waals surface area contributed by atoms with Gasteiger partial charge >= 0.3 is 0 Å². The maximum absolute atomic E-state index is 6.01. The summed E-state index contributed by atoms with van der Waals surface area (Å²) < 4.78 is 6.01. The molecule has 0 bridgehead atoms. The molecule has 0 spiro atoms. The zero-order valence-corrected chi connectivity index (χ0v) is 13.4.